The lowest BCUT2D eigenvalue weighted by atomic mass is 10.2. The summed E-state index contributed by atoms with van der Waals surface area (Å²) in [6, 6.07) is 15.8. The third kappa shape index (κ3) is 5.73. The van der Waals surface area contributed by atoms with E-state index in [-0.39, 0.29) is 30.1 Å². The Kier molecular flexibility index (Phi) is 7.83. The highest BCUT2D eigenvalue weighted by Crippen LogP contribution is 2.23. The summed E-state index contributed by atoms with van der Waals surface area (Å²) >= 11 is 1.30. The fraction of sp³-hybridized carbons (Fsp3) is 0.261. The maximum absolute atomic E-state index is 13.8. The zero-order valence-corrected chi connectivity index (χ0v) is 18.4. The number of thioether (sulfide) groups is 1. The number of halogens is 1. The molecule has 0 aliphatic rings. The van der Waals surface area contributed by atoms with Gasteiger partial charge in [-0.1, -0.05) is 48.2 Å². The van der Waals surface area contributed by atoms with Gasteiger partial charge in [0.2, 0.25) is 5.91 Å². The van der Waals surface area contributed by atoms with Crippen LogP contribution in [0, 0.1) is 5.82 Å². The Morgan fingerprint density at radius 3 is 2.58 bits per heavy atom. The summed E-state index contributed by atoms with van der Waals surface area (Å²) in [5.74, 6) is 0.421. The minimum atomic E-state index is -0.438. The first-order valence-electron chi connectivity index (χ1n) is 9.91. The van der Waals surface area contributed by atoms with Crippen LogP contribution in [0.15, 0.2) is 72.4 Å². The Balaban J connectivity index is 1.70. The number of amides is 1. The maximum Gasteiger partial charge on any atom is 0.237 e. The van der Waals surface area contributed by atoms with Crippen molar-refractivity contribution in [1.29, 1.82) is 0 Å². The van der Waals surface area contributed by atoms with Crippen molar-refractivity contribution in [3.8, 4) is 5.75 Å². The number of para-hydroxylation sites is 2. The topological polar surface area (TPSA) is 60.2 Å². The van der Waals surface area contributed by atoms with Gasteiger partial charge in [-0.3, -0.25) is 9.36 Å². The van der Waals surface area contributed by atoms with Crippen molar-refractivity contribution in [3.63, 3.8) is 0 Å². The van der Waals surface area contributed by atoms with E-state index in [4.69, 9.17) is 4.74 Å². The molecule has 0 saturated carbocycles. The van der Waals surface area contributed by atoms with Crippen molar-refractivity contribution >= 4 is 23.4 Å². The number of aromatic nitrogens is 3. The average Bonchev–Trinajstić information content (AvgIpc) is 3.14. The van der Waals surface area contributed by atoms with Crippen LogP contribution in [-0.4, -0.2) is 32.5 Å². The molecule has 0 fully saturated rings. The van der Waals surface area contributed by atoms with Crippen molar-refractivity contribution < 1.29 is 13.9 Å². The lowest BCUT2D eigenvalue weighted by molar-refractivity contribution is -0.116. The molecule has 3 rings (SSSR count). The van der Waals surface area contributed by atoms with E-state index in [9.17, 15) is 9.18 Å². The molecule has 8 heteroatoms. The number of ether oxygens (including phenoxy) is 1. The zero-order chi connectivity index (χ0) is 22.2. The average molecular weight is 441 g/mol. The first kappa shape index (κ1) is 22.6. The third-order valence-corrected chi connectivity index (χ3v) is 5.39. The number of hydrogen-bond donors (Lipinski definition) is 0. The van der Waals surface area contributed by atoms with Crippen molar-refractivity contribution in [2.24, 2.45) is 0 Å². The SMILES string of the molecule is C=CCn1c(COc2ccccc2F)nnc1SCC(=O)N(c1ccccc1)C(C)C. The Bertz CT molecular complexity index is 1020. The number of allylic oxidation sites excluding steroid dienone is 1. The minimum Gasteiger partial charge on any atom is -0.483 e. The molecule has 6 nitrogen and oxygen atoms in total. The molecule has 0 spiro atoms. The Labute approximate surface area is 185 Å². The van der Waals surface area contributed by atoms with Gasteiger partial charge in [-0.05, 0) is 38.1 Å². The van der Waals surface area contributed by atoms with Crippen LogP contribution in [0.1, 0.15) is 19.7 Å². The number of hydrogen-bond acceptors (Lipinski definition) is 5. The van der Waals surface area contributed by atoms with E-state index >= 15 is 0 Å². The molecule has 162 valence electrons. The standard InChI is InChI=1S/C23H25FN4O2S/c1-4-14-27-21(15-30-20-13-9-8-12-19(20)24)25-26-23(27)31-16-22(29)28(17(2)3)18-10-6-5-7-11-18/h4-13,17H,1,14-16H2,2-3H3. The van der Waals surface area contributed by atoms with Crippen LogP contribution in [0.3, 0.4) is 0 Å². The molecule has 1 heterocycles. The van der Waals surface area contributed by atoms with E-state index in [1.807, 2.05) is 48.7 Å². The second kappa shape index (κ2) is 10.8. The summed E-state index contributed by atoms with van der Waals surface area (Å²) in [6.07, 6.45) is 1.71. The summed E-state index contributed by atoms with van der Waals surface area (Å²) in [4.78, 5) is 14.7. The molecule has 0 saturated heterocycles. The summed E-state index contributed by atoms with van der Waals surface area (Å²) in [5.41, 5.74) is 0.856. The molecule has 0 bridgehead atoms. The van der Waals surface area contributed by atoms with Gasteiger partial charge < -0.3 is 9.64 Å². The molecule has 31 heavy (non-hydrogen) atoms. The van der Waals surface area contributed by atoms with Crippen LogP contribution in [0.25, 0.3) is 0 Å². The zero-order valence-electron chi connectivity index (χ0n) is 17.6. The maximum atomic E-state index is 13.8. The number of nitrogens with zero attached hydrogens (tertiary/aromatic N) is 4. The second-order valence-corrected chi connectivity index (χ2v) is 7.94. The van der Waals surface area contributed by atoms with Crippen LogP contribution >= 0.6 is 11.8 Å². The van der Waals surface area contributed by atoms with Gasteiger partial charge in [-0.2, -0.15) is 0 Å². The van der Waals surface area contributed by atoms with E-state index in [2.05, 4.69) is 16.8 Å². The Hall–Kier alpha value is -3.13. The van der Waals surface area contributed by atoms with Crippen LogP contribution in [0.5, 0.6) is 5.75 Å². The van der Waals surface area contributed by atoms with E-state index < -0.39 is 5.82 Å². The van der Waals surface area contributed by atoms with Gasteiger partial charge in [0.15, 0.2) is 22.5 Å². The quantitative estimate of drug-likeness (QED) is 0.337. The highest BCUT2D eigenvalue weighted by atomic mass is 32.2. The molecule has 0 unspecified atom stereocenters. The lowest BCUT2D eigenvalue weighted by Gasteiger charge is -2.26. The van der Waals surface area contributed by atoms with Crippen molar-refractivity contribution in [2.75, 3.05) is 10.7 Å². The van der Waals surface area contributed by atoms with Crippen molar-refractivity contribution in [1.82, 2.24) is 14.8 Å². The van der Waals surface area contributed by atoms with Gasteiger partial charge in [0.25, 0.3) is 0 Å². The minimum absolute atomic E-state index is 0.0197. The number of anilines is 1. The van der Waals surface area contributed by atoms with Gasteiger partial charge in [0, 0.05) is 18.3 Å². The smallest absolute Gasteiger partial charge is 0.237 e. The van der Waals surface area contributed by atoms with Crippen molar-refractivity contribution in [3.05, 3.63) is 78.9 Å². The van der Waals surface area contributed by atoms with Gasteiger partial charge in [-0.25, -0.2) is 4.39 Å². The Morgan fingerprint density at radius 2 is 1.90 bits per heavy atom. The van der Waals surface area contributed by atoms with E-state index in [0.29, 0.717) is 17.5 Å². The number of carbonyl (C=O) groups excluding carboxylic acids is 1. The third-order valence-electron chi connectivity index (χ3n) is 4.44. The Morgan fingerprint density at radius 1 is 1.19 bits per heavy atom. The van der Waals surface area contributed by atoms with Gasteiger partial charge >= 0.3 is 0 Å². The molecule has 0 aliphatic carbocycles. The highest BCUT2D eigenvalue weighted by molar-refractivity contribution is 7.99. The van der Waals surface area contributed by atoms with Gasteiger partial charge in [-0.15, -0.1) is 16.8 Å². The predicted molar refractivity (Wildman–Crippen MR) is 121 cm³/mol. The fourth-order valence-electron chi connectivity index (χ4n) is 3.06. The number of benzene rings is 2. The summed E-state index contributed by atoms with van der Waals surface area (Å²) in [7, 11) is 0. The second-order valence-electron chi connectivity index (χ2n) is 7.00. The molecule has 0 atom stereocenters. The first-order valence-corrected chi connectivity index (χ1v) is 10.9. The van der Waals surface area contributed by atoms with E-state index in [1.54, 1.807) is 29.2 Å². The number of carbonyl (C=O) groups is 1. The monoisotopic (exact) mass is 440 g/mol. The lowest BCUT2D eigenvalue weighted by Crippen LogP contribution is -2.38. The van der Waals surface area contributed by atoms with Crippen LogP contribution in [0.4, 0.5) is 10.1 Å². The molecule has 2 aromatic carbocycles. The first-order chi connectivity index (χ1) is 15.0. The molecule has 1 amide bonds. The van der Waals surface area contributed by atoms with Gasteiger partial charge in [0.1, 0.15) is 6.61 Å². The summed E-state index contributed by atoms with van der Waals surface area (Å²) in [5, 5.41) is 8.95. The van der Waals surface area contributed by atoms with Crippen LogP contribution in [0.2, 0.25) is 0 Å². The normalized spacial score (nSPS) is 10.8. The van der Waals surface area contributed by atoms with Crippen molar-refractivity contribution in [2.45, 2.75) is 38.2 Å². The molecular formula is C23H25FN4O2S. The predicted octanol–water partition coefficient (Wildman–Crippen LogP) is 4.72. The largest absolute Gasteiger partial charge is 0.483 e. The number of rotatable bonds is 10. The molecule has 0 aliphatic heterocycles. The van der Waals surface area contributed by atoms with E-state index in [1.165, 1.54) is 17.8 Å². The highest BCUT2D eigenvalue weighted by Gasteiger charge is 2.21. The summed E-state index contributed by atoms with van der Waals surface area (Å²) < 4.78 is 21.2. The molecular weight excluding hydrogens is 415 g/mol. The molecule has 3 aromatic rings. The van der Waals surface area contributed by atoms with Crippen LogP contribution < -0.4 is 9.64 Å². The summed E-state index contributed by atoms with van der Waals surface area (Å²) in [6.45, 7) is 8.24. The molecule has 1 aromatic heterocycles. The molecule has 0 N–H and O–H groups in total. The molecule has 0 radical (unpaired) electrons. The van der Waals surface area contributed by atoms with E-state index in [0.717, 1.165) is 5.69 Å². The fourth-order valence-corrected chi connectivity index (χ4v) is 3.89. The van der Waals surface area contributed by atoms with Crippen LogP contribution in [-0.2, 0) is 17.9 Å². The van der Waals surface area contributed by atoms with Gasteiger partial charge in [0.05, 0.1) is 5.75 Å².